The normalized spacial score (nSPS) is 20.4. The van der Waals surface area contributed by atoms with Crippen LogP contribution in [0.25, 0.3) is 0 Å². The molecule has 5 nitrogen and oxygen atoms in total. The number of hydrogen-bond acceptors (Lipinski definition) is 5. The number of aromatic nitrogens is 2. The van der Waals surface area contributed by atoms with Gasteiger partial charge in [-0.1, -0.05) is 37.8 Å². The molecule has 1 aliphatic heterocycles. The number of halogens is 1. The highest BCUT2D eigenvalue weighted by molar-refractivity contribution is 7.09. The summed E-state index contributed by atoms with van der Waals surface area (Å²) in [5.74, 6) is 1.60. The van der Waals surface area contributed by atoms with Gasteiger partial charge in [-0.3, -0.25) is 4.79 Å². The zero-order valence-corrected chi connectivity index (χ0v) is 17.8. The highest BCUT2D eigenvalue weighted by Gasteiger charge is 2.29. The van der Waals surface area contributed by atoms with E-state index in [-0.39, 0.29) is 11.9 Å². The molecule has 1 saturated heterocycles. The number of piperazine rings is 1. The van der Waals surface area contributed by atoms with Crippen molar-refractivity contribution in [2.24, 2.45) is 5.92 Å². The fourth-order valence-corrected chi connectivity index (χ4v) is 5.22. The minimum absolute atomic E-state index is 0.185. The Kier molecular flexibility index (Phi) is 6.43. The minimum Gasteiger partial charge on any atom is -0.343 e. The first-order valence-corrected chi connectivity index (χ1v) is 11.5. The molecule has 29 heavy (non-hydrogen) atoms. The Bertz CT molecular complexity index is 818. The molecule has 0 spiro atoms. The zero-order chi connectivity index (χ0) is 20.2. The molecule has 0 N–H and O–H groups in total. The first-order chi connectivity index (χ1) is 14.1. The van der Waals surface area contributed by atoms with E-state index in [1.54, 1.807) is 12.1 Å². The van der Waals surface area contributed by atoms with Gasteiger partial charge >= 0.3 is 0 Å². The number of hydrogen-bond donors (Lipinski definition) is 0. The van der Waals surface area contributed by atoms with Gasteiger partial charge in [0.2, 0.25) is 11.0 Å². The second-order valence-electron chi connectivity index (χ2n) is 8.37. The predicted octanol–water partition coefficient (Wildman–Crippen LogP) is 4.28. The van der Waals surface area contributed by atoms with E-state index in [1.165, 1.54) is 49.3 Å². The summed E-state index contributed by atoms with van der Waals surface area (Å²) in [6, 6.07) is 6.66. The molecule has 1 aromatic heterocycles. The Balaban J connectivity index is 1.29. The van der Waals surface area contributed by atoms with Crippen molar-refractivity contribution < 1.29 is 9.18 Å². The van der Waals surface area contributed by atoms with Crippen molar-refractivity contribution >= 4 is 22.6 Å². The summed E-state index contributed by atoms with van der Waals surface area (Å²) in [5, 5.41) is 0.909. The van der Waals surface area contributed by atoms with E-state index < -0.39 is 0 Å². The molecule has 1 amide bonds. The highest BCUT2D eigenvalue weighted by atomic mass is 32.1. The van der Waals surface area contributed by atoms with Gasteiger partial charge in [-0.05, 0) is 37.0 Å². The number of benzene rings is 1. The van der Waals surface area contributed by atoms with Crippen molar-refractivity contribution in [2.75, 3.05) is 24.5 Å². The van der Waals surface area contributed by atoms with Crippen molar-refractivity contribution in [3.05, 3.63) is 41.5 Å². The number of amides is 1. The topological polar surface area (TPSA) is 49.3 Å². The van der Waals surface area contributed by atoms with Crippen molar-refractivity contribution in [1.82, 2.24) is 14.3 Å². The number of carbonyl (C=O) groups is 1. The number of carbonyl (C=O) groups excluding carboxylic acids is 1. The number of nitrogens with zero attached hydrogens (tertiary/aromatic N) is 4. The van der Waals surface area contributed by atoms with Crippen LogP contribution in [-0.2, 0) is 11.2 Å². The van der Waals surface area contributed by atoms with Crippen LogP contribution in [0.15, 0.2) is 24.3 Å². The Morgan fingerprint density at radius 1 is 1.21 bits per heavy atom. The van der Waals surface area contributed by atoms with Gasteiger partial charge in [0.15, 0.2) is 0 Å². The average molecular weight is 417 g/mol. The fourth-order valence-electron chi connectivity index (χ4n) is 4.50. The molecular formula is C22H29FN4OS. The monoisotopic (exact) mass is 416 g/mol. The molecule has 1 atom stereocenters. The highest BCUT2D eigenvalue weighted by Crippen LogP contribution is 2.29. The van der Waals surface area contributed by atoms with Crippen LogP contribution in [-0.4, -0.2) is 45.8 Å². The van der Waals surface area contributed by atoms with Gasteiger partial charge in [0.1, 0.15) is 11.6 Å². The third-order valence-corrected chi connectivity index (χ3v) is 7.01. The Labute approximate surface area is 176 Å². The Morgan fingerprint density at radius 2 is 1.97 bits per heavy atom. The van der Waals surface area contributed by atoms with E-state index in [2.05, 4.69) is 21.2 Å². The second-order valence-corrected chi connectivity index (χ2v) is 9.10. The molecule has 2 heterocycles. The number of rotatable bonds is 6. The summed E-state index contributed by atoms with van der Waals surface area (Å²) < 4.78 is 17.5. The van der Waals surface area contributed by atoms with E-state index in [0.717, 1.165) is 48.5 Å². The van der Waals surface area contributed by atoms with Gasteiger partial charge in [0, 0.05) is 50.1 Å². The van der Waals surface area contributed by atoms with Crippen LogP contribution in [0.3, 0.4) is 0 Å². The van der Waals surface area contributed by atoms with E-state index in [4.69, 9.17) is 0 Å². The second kappa shape index (κ2) is 9.20. The van der Waals surface area contributed by atoms with Gasteiger partial charge < -0.3 is 9.80 Å². The lowest BCUT2D eigenvalue weighted by Gasteiger charge is -2.39. The first-order valence-electron chi connectivity index (χ1n) is 10.7. The maximum absolute atomic E-state index is 13.1. The Hall–Kier alpha value is -2.02. The lowest BCUT2D eigenvalue weighted by atomic mass is 10.0. The lowest BCUT2D eigenvalue weighted by molar-refractivity contribution is -0.133. The maximum Gasteiger partial charge on any atom is 0.222 e. The molecule has 156 valence electrons. The van der Waals surface area contributed by atoms with Gasteiger partial charge in [0.05, 0.1) is 0 Å². The van der Waals surface area contributed by atoms with Gasteiger partial charge in [0.25, 0.3) is 0 Å². The third kappa shape index (κ3) is 5.13. The first kappa shape index (κ1) is 20.3. The molecule has 4 rings (SSSR count). The Morgan fingerprint density at radius 3 is 2.69 bits per heavy atom. The lowest BCUT2D eigenvalue weighted by Crippen LogP contribution is -2.54. The van der Waals surface area contributed by atoms with Crippen molar-refractivity contribution in [3.8, 4) is 0 Å². The molecular weight excluding hydrogens is 387 g/mol. The largest absolute Gasteiger partial charge is 0.343 e. The zero-order valence-electron chi connectivity index (χ0n) is 17.0. The molecule has 2 aliphatic rings. The van der Waals surface area contributed by atoms with Crippen LogP contribution < -0.4 is 4.90 Å². The summed E-state index contributed by atoms with van der Waals surface area (Å²) in [4.78, 5) is 21.7. The van der Waals surface area contributed by atoms with Crippen molar-refractivity contribution in [3.63, 3.8) is 0 Å². The summed E-state index contributed by atoms with van der Waals surface area (Å²) in [5.41, 5.74) is 1.00. The van der Waals surface area contributed by atoms with Crippen LogP contribution in [0.4, 0.5) is 9.52 Å². The van der Waals surface area contributed by atoms with Gasteiger partial charge in [-0.25, -0.2) is 9.37 Å². The molecule has 2 fully saturated rings. The smallest absolute Gasteiger partial charge is 0.222 e. The number of anilines is 1. The van der Waals surface area contributed by atoms with Crippen LogP contribution in [0, 0.1) is 11.7 Å². The van der Waals surface area contributed by atoms with Crippen molar-refractivity contribution in [1.29, 1.82) is 0 Å². The summed E-state index contributed by atoms with van der Waals surface area (Å²) in [7, 11) is 0. The van der Waals surface area contributed by atoms with Crippen LogP contribution in [0.5, 0.6) is 0 Å². The average Bonchev–Trinajstić information content (AvgIpc) is 3.40. The molecule has 0 radical (unpaired) electrons. The molecule has 1 aromatic carbocycles. The molecule has 7 heteroatoms. The van der Waals surface area contributed by atoms with Crippen molar-refractivity contribution in [2.45, 2.75) is 57.9 Å². The molecule has 1 aliphatic carbocycles. The SMILES string of the molecule is C[C@@H]1CN(c2nc(Cc3ccc(F)cc3)ns2)CCN1C(=O)CCC1CCCC1. The molecule has 0 unspecified atom stereocenters. The molecule has 2 aromatic rings. The van der Waals surface area contributed by atoms with E-state index >= 15 is 0 Å². The summed E-state index contributed by atoms with van der Waals surface area (Å²) >= 11 is 1.40. The van der Waals surface area contributed by atoms with Gasteiger partial charge in [-0.15, -0.1) is 0 Å². The summed E-state index contributed by atoms with van der Waals surface area (Å²) in [6.45, 7) is 4.46. The third-order valence-electron chi connectivity index (χ3n) is 6.19. The van der Waals surface area contributed by atoms with E-state index in [1.807, 2.05) is 4.90 Å². The van der Waals surface area contributed by atoms with Crippen LogP contribution in [0.2, 0.25) is 0 Å². The minimum atomic E-state index is -0.231. The van der Waals surface area contributed by atoms with E-state index in [9.17, 15) is 9.18 Å². The quantitative estimate of drug-likeness (QED) is 0.705. The van der Waals surface area contributed by atoms with Crippen LogP contribution >= 0.6 is 11.5 Å². The van der Waals surface area contributed by atoms with Gasteiger partial charge in [-0.2, -0.15) is 4.37 Å². The maximum atomic E-state index is 13.1. The van der Waals surface area contributed by atoms with Crippen LogP contribution in [0.1, 0.15) is 56.8 Å². The molecule has 1 saturated carbocycles. The summed E-state index contributed by atoms with van der Waals surface area (Å²) in [6.07, 6.45) is 7.61. The fraction of sp³-hybridized carbons (Fsp3) is 0.591. The van der Waals surface area contributed by atoms with E-state index in [0.29, 0.717) is 18.7 Å². The standard InChI is InChI=1S/C22H29FN4OS/c1-16-15-26(12-13-27(16)21(28)11-8-17-4-2-3-5-17)22-24-20(25-29-22)14-18-6-9-19(23)10-7-18/h6-7,9-10,16-17H,2-5,8,11-15H2,1H3/t16-/m1/s1. The molecule has 0 bridgehead atoms. The predicted molar refractivity (Wildman–Crippen MR) is 114 cm³/mol.